The molecule has 0 aromatic rings. The van der Waals surface area contributed by atoms with Crippen molar-refractivity contribution in [2.45, 2.75) is 39.0 Å². The van der Waals surface area contributed by atoms with Crippen LogP contribution in [-0.2, 0) is 0 Å². The van der Waals surface area contributed by atoms with E-state index in [9.17, 15) is 0 Å². The van der Waals surface area contributed by atoms with Crippen molar-refractivity contribution in [2.24, 2.45) is 11.8 Å². The summed E-state index contributed by atoms with van der Waals surface area (Å²) in [5.41, 5.74) is 0. The lowest BCUT2D eigenvalue weighted by molar-refractivity contribution is 0.245. The molecule has 96 valence electrons. The van der Waals surface area contributed by atoms with Crippen LogP contribution >= 0.6 is 0 Å². The first-order valence-corrected chi connectivity index (χ1v) is 6.89. The van der Waals surface area contributed by atoms with E-state index in [1.807, 2.05) is 0 Å². The lowest BCUT2D eigenvalue weighted by atomic mass is 9.97. The Bertz CT molecular complexity index is 152. The highest BCUT2D eigenvalue weighted by atomic mass is 16.3. The van der Waals surface area contributed by atoms with Gasteiger partial charge in [0.1, 0.15) is 0 Å². The van der Waals surface area contributed by atoms with Crippen molar-refractivity contribution in [3.8, 4) is 0 Å². The molecule has 1 rings (SSSR count). The van der Waals surface area contributed by atoms with Crippen LogP contribution in [-0.4, -0.2) is 37.9 Å². The van der Waals surface area contributed by atoms with Crippen molar-refractivity contribution in [3.05, 3.63) is 0 Å². The van der Waals surface area contributed by atoms with E-state index in [1.54, 1.807) is 0 Å². The summed E-state index contributed by atoms with van der Waals surface area (Å²) in [4.78, 5) is 0. The average molecular weight is 228 g/mol. The third kappa shape index (κ3) is 5.83. The summed E-state index contributed by atoms with van der Waals surface area (Å²) < 4.78 is 0. The monoisotopic (exact) mass is 228 g/mol. The molecular weight excluding hydrogens is 200 g/mol. The van der Waals surface area contributed by atoms with Crippen molar-refractivity contribution >= 4 is 0 Å². The number of aliphatic hydroxyl groups is 1. The number of rotatable bonds is 8. The standard InChI is InChI=1S/C13H28N2O/c1-2-4-12(6-8-16)9-15-11-13-5-3-7-14-10-13/h12-16H,2-11H2,1H3. The molecule has 1 fully saturated rings. The first kappa shape index (κ1) is 13.9. The Morgan fingerprint density at radius 2 is 2.31 bits per heavy atom. The molecule has 3 nitrogen and oxygen atoms in total. The largest absolute Gasteiger partial charge is 0.396 e. The van der Waals surface area contributed by atoms with Gasteiger partial charge in [-0.3, -0.25) is 0 Å². The number of aliphatic hydroxyl groups excluding tert-OH is 1. The predicted octanol–water partition coefficient (Wildman–Crippen LogP) is 1.37. The van der Waals surface area contributed by atoms with Crippen LogP contribution in [0.5, 0.6) is 0 Å². The van der Waals surface area contributed by atoms with Crippen LogP contribution in [0.2, 0.25) is 0 Å². The molecule has 1 aliphatic heterocycles. The lowest BCUT2D eigenvalue weighted by Crippen LogP contribution is -2.37. The minimum atomic E-state index is 0.331. The van der Waals surface area contributed by atoms with Crippen LogP contribution < -0.4 is 10.6 Å². The smallest absolute Gasteiger partial charge is 0.0434 e. The molecule has 0 spiro atoms. The van der Waals surface area contributed by atoms with Crippen molar-refractivity contribution < 1.29 is 5.11 Å². The maximum atomic E-state index is 8.97. The molecule has 0 radical (unpaired) electrons. The minimum absolute atomic E-state index is 0.331. The SMILES string of the molecule is CCCC(CCO)CNCC1CCCNC1. The van der Waals surface area contributed by atoms with Crippen molar-refractivity contribution in [3.63, 3.8) is 0 Å². The molecule has 16 heavy (non-hydrogen) atoms. The maximum Gasteiger partial charge on any atom is 0.0434 e. The Labute approximate surface area is 100 Å². The second kappa shape index (κ2) is 8.97. The Hall–Kier alpha value is -0.120. The van der Waals surface area contributed by atoms with E-state index in [0.717, 1.165) is 25.4 Å². The van der Waals surface area contributed by atoms with E-state index in [2.05, 4.69) is 17.6 Å². The number of hydrogen-bond acceptors (Lipinski definition) is 3. The average Bonchev–Trinajstić information content (AvgIpc) is 2.31. The Balaban J connectivity index is 2.06. The van der Waals surface area contributed by atoms with E-state index in [0.29, 0.717) is 12.5 Å². The van der Waals surface area contributed by atoms with Gasteiger partial charge in [0.2, 0.25) is 0 Å². The van der Waals surface area contributed by atoms with Crippen LogP contribution in [0.1, 0.15) is 39.0 Å². The van der Waals surface area contributed by atoms with Crippen molar-refractivity contribution in [1.29, 1.82) is 0 Å². The summed E-state index contributed by atoms with van der Waals surface area (Å²) in [6, 6.07) is 0. The quantitative estimate of drug-likeness (QED) is 0.588. The maximum absolute atomic E-state index is 8.97. The van der Waals surface area contributed by atoms with Gasteiger partial charge in [-0.05, 0) is 63.7 Å². The van der Waals surface area contributed by atoms with Crippen LogP contribution in [0.4, 0.5) is 0 Å². The summed E-state index contributed by atoms with van der Waals surface area (Å²) in [5, 5.41) is 16.0. The molecule has 0 saturated carbocycles. The van der Waals surface area contributed by atoms with Gasteiger partial charge in [-0.1, -0.05) is 13.3 Å². The highest BCUT2D eigenvalue weighted by Gasteiger charge is 2.13. The lowest BCUT2D eigenvalue weighted by Gasteiger charge is -2.24. The molecule has 0 aromatic carbocycles. The van der Waals surface area contributed by atoms with E-state index in [4.69, 9.17) is 5.11 Å². The Morgan fingerprint density at radius 3 is 2.94 bits per heavy atom. The molecule has 0 aromatic heterocycles. The van der Waals surface area contributed by atoms with Gasteiger partial charge in [0.15, 0.2) is 0 Å². The first-order chi connectivity index (χ1) is 7.86. The van der Waals surface area contributed by atoms with Crippen LogP contribution in [0, 0.1) is 11.8 Å². The molecule has 1 aliphatic rings. The highest BCUT2D eigenvalue weighted by Crippen LogP contribution is 2.11. The van der Waals surface area contributed by atoms with Crippen LogP contribution in [0.3, 0.4) is 0 Å². The van der Waals surface area contributed by atoms with Gasteiger partial charge in [0.25, 0.3) is 0 Å². The molecule has 0 amide bonds. The molecule has 3 heteroatoms. The predicted molar refractivity (Wildman–Crippen MR) is 68.6 cm³/mol. The molecule has 1 heterocycles. The summed E-state index contributed by atoms with van der Waals surface area (Å²) in [6.45, 7) is 7.13. The topological polar surface area (TPSA) is 44.3 Å². The zero-order valence-electron chi connectivity index (χ0n) is 10.7. The number of hydrogen-bond donors (Lipinski definition) is 3. The zero-order chi connectivity index (χ0) is 11.6. The molecule has 0 bridgehead atoms. The fourth-order valence-electron chi connectivity index (χ4n) is 2.53. The third-order valence-corrected chi connectivity index (χ3v) is 3.50. The van der Waals surface area contributed by atoms with E-state index in [1.165, 1.54) is 38.8 Å². The highest BCUT2D eigenvalue weighted by molar-refractivity contribution is 4.72. The van der Waals surface area contributed by atoms with Gasteiger partial charge in [-0.25, -0.2) is 0 Å². The second-order valence-corrected chi connectivity index (χ2v) is 5.04. The summed E-state index contributed by atoms with van der Waals surface area (Å²) in [6.07, 6.45) is 6.08. The van der Waals surface area contributed by atoms with Crippen LogP contribution in [0.15, 0.2) is 0 Å². The van der Waals surface area contributed by atoms with E-state index < -0.39 is 0 Å². The molecule has 3 N–H and O–H groups in total. The van der Waals surface area contributed by atoms with Gasteiger partial charge in [0.05, 0.1) is 0 Å². The fraction of sp³-hybridized carbons (Fsp3) is 1.00. The zero-order valence-corrected chi connectivity index (χ0v) is 10.7. The Morgan fingerprint density at radius 1 is 1.44 bits per heavy atom. The fourth-order valence-corrected chi connectivity index (χ4v) is 2.53. The normalized spacial score (nSPS) is 23.2. The second-order valence-electron chi connectivity index (χ2n) is 5.04. The molecule has 2 unspecified atom stereocenters. The first-order valence-electron chi connectivity index (χ1n) is 6.89. The number of nitrogens with one attached hydrogen (secondary N) is 2. The van der Waals surface area contributed by atoms with Crippen molar-refractivity contribution in [1.82, 2.24) is 10.6 Å². The van der Waals surface area contributed by atoms with Gasteiger partial charge in [-0.15, -0.1) is 0 Å². The van der Waals surface area contributed by atoms with Gasteiger partial charge >= 0.3 is 0 Å². The van der Waals surface area contributed by atoms with Gasteiger partial charge < -0.3 is 15.7 Å². The van der Waals surface area contributed by atoms with Gasteiger partial charge in [0, 0.05) is 6.61 Å². The van der Waals surface area contributed by atoms with Crippen LogP contribution in [0.25, 0.3) is 0 Å². The molecule has 2 atom stereocenters. The molecular formula is C13H28N2O. The van der Waals surface area contributed by atoms with Gasteiger partial charge in [-0.2, -0.15) is 0 Å². The number of piperidine rings is 1. The molecule has 1 saturated heterocycles. The Kier molecular flexibility index (Phi) is 7.81. The summed E-state index contributed by atoms with van der Waals surface area (Å²) in [5.74, 6) is 1.47. The minimum Gasteiger partial charge on any atom is -0.396 e. The molecule has 0 aliphatic carbocycles. The summed E-state index contributed by atoms with van der Waals surface area (Å²) in [7, 11) is 0. The van der Waals surface area contributed by atoms with E-state index in [-0.39, 0.29) is 0 Å². The van der Waals surface area contributed by atoms with E-state index >= 15 is 0 Å². The summed E-state index contributed by atoms with van der Waals surface area (Å²) >= 11 is 0. The van der Waals surface area contributed by atoms with Crippen molar-refractivity contribution in [2.75, 3.05) is 32.8 Å². The third-order valence-electron chi connectivity index (χ3n) is 3.50.